The molecule has 0 radical (unpaired) electrons. The van der Waals surface area contributed by atoms with E-state index in [-0.39, 0.29) is 0 Å². The summed E-state index contributed by atoms with van der Waals surface area (Å²) in [6.07, 6.45) is 3.89. The van der Waals surface area contributed by atoms with Crippen molar-refractivity contribution in [3.63, 3.8) is 0 Å². The molecule has 1 heterocycles. The summed E-state index contributed by atoms with van der Waals surface area (Å²) >= 11 is 0. The second-order valence-electron chi connectivity index (χ2n) is 4.71. The van der Waals surface area contributed by atoms with Crippen molar-refractivity contribution >= 4 is 0 Å². The Kier molecular flexibility index (Phi) is 6.44. The highest BCUT2D eigenvalue weighted by Crippen LogP contribution is 2.17. The number of hydrogen-bond donors (Lipinski definition) is 1. The molecule has 0 aliphatic carbocycles. The van der Waals surface area contributed by atoms with E-state index in [2.05, 4.69) is 30.7 Å². The molecule has 1 rings (SSSR count). The van der Waals surface area contributed by atoms with E-state index in [1.165, 1.54) is 0 Å². The Bertz CT molecular complexity index is 375. The van der Waals surface area contributed by atoms with E-state index in [1.807, 2.05) is 25.1 Å². The van der Waals surface area contributed by atoms with E-state index in [0.29, 0.717) is 12.6 Å². The lowest BCUT2D eigenvalue weighted by atomic mass is 10.2. The minimum Gasteiger partial charge on any atom is -0.492 e. The summed E-state index contributed by atoms with van der Waals surface area (Å²) in [4.78, 5) is 4.54. The van der Waals surface area contributed by atoms with Crippen LogP contribution in [-0.4, -0.2) is 17.6 Å². The van der Waals surface area contributed by atoms with Crippen LogP contribution in [0.1, 0.15) is 38.1 Å². The minimum absolute atomic E-state index is 0.445. The van der Waals surface area contributed by atoms with Gasteiger partial charge in [-0.3, -0.25) is 4.98 Å². The third-order valence-electron chi connectivity index (χ3n) is 2.56. The average molecular weight is 248 g/mol. The minimum atomic E-state index is 0.445. The lowest BCUT2D eigenvalue weighted by molar-refractivity contribution is 0.306. The van der Waals surface area contributed by atoms with Crippen LogP contribution in [0.3, 0.4) is 0 Å². The summed E-state index contributed by atoms with van der Waals surface area (Å²) < 4.78 is 5.78. The maximum atomic E-state index is 5.78. The molecule has 1 aromatic heterocycles. The summed E-state index contributed by atoms with van der Waals surface area (Å²) in [5, 5.41) is 3.37. The number of rotatable bonds is 8. The van der Waals surface area contributed by atoms with Crippen LogP contribution >= 0.6 is 0 Å². The highest BCUT2D eigenvalue weighted by atomic mass is 16.5. The molecule has 0 amide bonds. The smallest absolute Gasteiger partial charge is 0.142 e. The van der Waals surface area contributed by atoms with Crippen molar-refractivity contribution in [2.24, 2.45) is 0 Å². The lowest BCUT2D eigenvalue weighted by Crippen LogP contribution is -2.23. The first kappa shape index (κ1) is 14.7. The molecule has 0 spiro atoms. The van der Waals surface area contributed by atoms with E-state index in [4.69, 9.17) is 4.74 Å². The van der Waals surface area contributed by atoms with Gasteiger partial charge < -0.3 is 10.1 Å². The predicted octanol–water partition coefficient (Wildman–Crippen LogP) is 3.23. The van der Waals surface area contributed by atoms with Crippen LogP contribution in [0.25, 0.3) is 0 Å². The van der Waals surface area contributed by atoms with Gasteiger partial charge in [0.15, 0.2) is 0 Å². The summed E-state index contributed by atoms with van der Waals surface area (Å²) in [6, 6.07) is 4.44. The molecule has 100 valence electrons. The molecule has 0 aliphatic rings. The maximum absolute atomic E-state index is 5.78. The Balaban J connectivity index is 2.60. The topological polar surface area (TPSA) is 34.1 Å². The number of ether oxygens (including phenoxy) is 1. The van der Waals surface area contributed by atoms with Gasteiger partial charge in [0.1, 0.15) is 5.75 Å². The van der Waals surface area contributed by atoms with Gasteiger partial charge in [0, 0.05) is 18.3 Å². The molecule has 0 fully saturated rings. The summed E-state index contributed by atoms with van der Waals surface area (Å²) in [5.74, 6) is 0.887. The van der Waals surface area contributed by atoms with Crippen LogP contribution in [0, 0.1) is 6.92 Å². The Labute approximate surface area is 110 Å². The average Bonchev–Trinajstić information content (AvgIpc) is 2.34. The SMILES string of the molecule is C=CCCCOc1ccc(C)nc1CNC(C)C. The van der Waals surface area contributed by atoms with Gasteiger partial charge in [-0.15, -0.1) is 6.58 Å². The molecule has 3 nitrogen and oxygen atoms in total. The summed E-state index contributed by atoms with van der Waals surface area (Å²) in [5.41, 5.74) is 2.01. The first-order valence-electron chi connectivity index (χ1n) is 6.57. The Hall–Kier alpha value is -1.35. The Morgan fingerprint density at radius 2 is 2.22 bits per heavy atom. The van der Waals surface area contributed by atoms with Crippen molar-refractivity contribution < 1.29 is 4.74 Å². The first-order chi connectivity index (χ1) is 8.63. The van der Waals surface area contributed by atoms with Crippen LogP contribution in [0.5, 0.6) is 5.75 Å². The van der Waals surface area contributed by atoms with E-state index in [9.17, 15) is 0 Å². The fourth-order valence-corrected chi connectivity index (χ4v) is 1.57. The Morgan fingerprint density at radius 1 is 1.44 bits per heavy atom. The van der Waals surface area contributed by atoms with Crippen LogP contribution in [0.2, 0.25) is 0 Å². The van der Waals surface area contributed by atoms with Crippen molar-refractivity contribution in [2.45, 2.75) is 46.2 Å². The number of hydrogen-bond acceptors (Lipinski definition) is 3. The number of pyridine rings is 1. The molecule has 0 aliphatic heterocycles. The Morgan fingerprint density at radius 3 is 2.89 bits per heavy atom. The highest BCUT2D eigenvalue weighted by molar-refractivity contribution is 5.29. The standard InChI is InChI=1S/C15H24N2O/c1-5-6-7-10-18-15-9-8-13(4)17-14(15)11-16-12(2)3/h5,8-9,12,16H,1,6-7,10-11H2,2-4H3. The van der Waals surface area contributed by atoms with Crippen molar-refractivity contribution in [3.05, 3.63) is 36.2 Å². The fourth-order valence-electron chi connectivity index (χ4n) is 1.57. The number of aromatic nitrogens is 1. The van der Waals surface area contributed by atoms with E-state index in [1.54, 1.807) is 0 Å². The zero-order valence-electron chi connectivity index (χ0n) is 11.7. The zero-order valence-corrected chi connectivity index (χ0v) is 11.7. The van der Waals surface area contributed by atoms with Crippen LogP contribution in [0.15, 0.2) is 24.8 Å². The number of nitrogens with zero attached hydrogens (tertiary/aromatic N) is 1. The number of nitrogens with one attached hydrogen (secondary N) is 1. The quantitative estimate of drug-likeness (QED) is 0.566. The van der Waals surface area contributed by atoms with Gasteiger partial charge in [0.05, 0.1) is 12.3 Å². The van der Waals surface area contributed by atoms with Gasteiger partial charge in [-0.2, -0.15) is 0 Å². The van der Waals surface area contributed by atoms with E-state index >= 15 is 0 Å². The van der Waals surface area contributed by atoms with Gasteiger partial charge in [0.2, 0.25) is 0 Å². The van der Waals surface area contributed by atoms with Crippen molar-refractivity contribution in [2.75, 3.05) is 6.61 Å². The van der Waals surface area contributed by atoms with E-state index in [0.717, 1.165) is 36.5 Å². The van der Waals surface area contributed by atoms with E-state index < -0.39 is 0 Å². The molecule has 1 N–H and O–H groups in total. The molecule has 0 saturated heterocycles. The van der Waals surface area contributed by atoms with Crippen molar-refractivity contribution in [3.8, 4) is 5.75 Å². The summed E-state index contributed by atoms with van der Waals surface area (Å²) in [7, 11) is 0. The van der Waals surface area contributed by atoms with Gasteiger partial charge in [-0.1, -0.05) is 19.9 Å². The molecule has 0 saturated carbocycles. The monoisotopic (exact) mass is 248 g/mol. The number of aryl methyl sites for hydroxylation is 1. The van der Waals surface area contributed by atoms with Gasteiger partial charge >= 0.3 is 0 Å². The second-order valence-corrected chi connectivity index (χ2v) is 4.71. The molecule has 1 aromatic rings. The molecule has 0 aromatic carbocycles. The van der Waals surface area contributed by atoms with Gasteiger partial charge in [-0.05, 0) is 31.9 Å². The van der Waals surface area contributed by atoms with Crippen LogP contribution in [0.4, 0.5) is 0 Å². The first-order valence-corrected chi connectivity index (χ1v) is 6.57. The third-order valence-corrected chi connectivity index (χ3v) is 2.56. The second kappa shape index (κ2) is 7.88. The normalized spacial score (nSPS) is 10.7. The predicted molar refractivity (Wildman–Crippen MR) is 75.9 cm³/mol. The third kappa shape index (κ3) is 5.32. The van der Waals surface area contributed by atoms with Crippen LogP contribution < -0.4 is 10.1 Å². The lowest BCUT2D eigenvalue weighted by Gasteiger charge is -2.13. The maximum Gasteiger partial charge on any atom is 0.142 e. The number of unbranched alkanes of at least 4 members (excludes halogenated alkanes) is 1. The van der Waals surface area contributed by atoms with Gasteiger partial charge in [-0.25, -0.2) is 0 Å². The van der Waals surface area contributed by atoms with Crippen LogP contribution in [-0.2, 0) is 6.54 Å². The molecule has 3 heteroatoms. The molecular formula is C15H24N2O. The van der Waals surface area contributed by atoms with Gasteiger partial charge in [0.25, 0.3) is 0 Å². The molecule has 0 atom stereocenters. The summed E-state index contributed by atoms with van der Waals surface area (Å²) in [6.45, 7) is 11.4. The molecule has 0 unspecified atom stereocenters. The highest BCUT2D eigenvalue weighted by Gasteiger charge is 2.06. The zero-order chi connectivity index (χ0) is 13.4. The van der Waals surface area contributed by atoms with Crippen molar-refractivity contribution in [1.82, 2.24) is 10.3 Å². The molecule has 18 heavy (non-hydrogen) atoms. The van der Waals surface area contributed by atoms with Crippen molar-refractivity contribution in [1.29, 1.82) is 0 Å². The largest absolute Gasteiger partial charge is 0.492 e. The fraction of sp³-hybridized carbons (Fsp3) is 0.533. The number of allylic oxidation sites excluding steroid dienone is 1. The molecular weight excluding hydrogens is 224 g/mol. The molecule has 0 bridgehead atoms.